The highest BCUT2D eigenvalue weighted by Gasteiger charge is 2.61. The van der Waals surface area contributed by atoms with E-state index in [2.05, 4.69) is 16.6 Å². The van der Waals surface area contributed by atoms with Crippen molar-refractivity contribution in [3.8, 4) is 11.8 Å². The Kier molecular flexibility index (Phi) is 12.6. The van der Waals surface area contributed by atoms with Crippen LogP contribution in [-0.2, 0) is 33.9 Å². The molecule has 1 saturated heterocycles. The van der Waals surface area contributed by atoms with E-state index in [1.807, 2.05) is 19.1 Å². The van der Waals surface area contributed by atoms with Crippen LogP contribution in [0.3, 0.4) is 0 Å². The number of ether oxygens (including phenoxy) is 3. The van der Waals surface area contributed by atoms with Crippen LogP contribution < -0.4 is 14.2 Å². The molecule has 2 saturated carbocycles. The van der Waals surface area contributed by atoms with Gasteiger partial charge in [0, 0.05) is 34.7 Å². The number of hydrogen-bond acceptors (Lipinski definition) is 10. The van der Waals surface area contributed by atoms with Gasteiger partial charge in [0.25, 0.3) is 6.43 Å². The second-order valence-corrected chi connectivity index (χ2v) is 18.6. The van der Waals surface area contributed by atoms with E-state index in [4.69, 9.17) is 25.8 Å². The number of esters is 1. The van der Waals surface area contributed by atoms with Gasteiger partial charge in [0.15, 0.2) is 12.4 Å². The van der Waals surface area contributed by atoms with Gasteiger partial charge in [-0.3, -0.25) is 23.9 Å². The average molecular weight is 822 g/mol. The number of allylic oxidation sites excluding steroid dienone is 2. The maximum atomic E-state index is 14.8. The molecule has 1 aromatic carbocycles. The maximum Gasteiger partial charge on any atom is 0.306 e. The van der Waals surface area contributed by atoms with Crippen LogP contribution in [0.4, 0.5) is 8.78 Å². The molecule has 2 aromatic rings. The fourth-order valence-corrected chi connectivity index (χ4v) is 9.75. The molecule has 0 bridgehead atoms. The number of nitrogens with zero attached hydrogens (tertiary/aromatic N) is 2. The van der Waals surface area contributed by atoms with Gasteiger partial charge >= 0.3 is 5.97 Å². The van der Waals surface area contributed by atoms with E-state index in [-0.39, 0.29) is 61.7 Å². The van der Waals surface area contributed by atoms with Crippen LogP contribution >= 0.6 is 11.6 Å². The molecule has 12 nitrogen and oxygen atoms in total. The quantitative estimate of drug-likeness (QED) is 0.198. The van der Waals surface area contributed by atoms with Gasteiger partial charge in [-0.2, -0.15) is 4.98 Å². The smallest absolute Gasteiger partial charge is 0.306 e. The molecule has 16 heteroatoms. The molecule has 7 atom stereocenters. The minimum absolute atomic E-state index is 0.00492. The number of nitrogens with one attached hydrogen (secondary N) is 1. The van der Waals surface area contributed by atoms with Gasteiger partial charge in [0.05, 0.1) is 41.7 Å². The summed E-state index contributed by atoms with van der Waals surface area (Å²) in [4.78, 5) is 62.1. The van der Waals surface area contributed by atoms with Crippen molar-refractivity contribution in [2.24, 2.45) is 29.1 Å². The number of sulfonamides is 1. The molecular weight excluding hydrogens is 772 g/mol. The Bertz CT molecular complexity index is 1980. The van der Waals surface area contributed by atoms with E-state index in [0.717, 1.165) is 6.42 Å². The predicted molar refractivity (Wildman–Crippen MR) is 204 cm³/mol. The molecule has 1 aromatic heterocycles. The van der Waals surface area contributed by atoms with E-state index in [1.54, 1.807) is 32.0 Å². The summed E-state index contributed by atoms with van der Waals surface area (Å²) >= 11 is 6.48. The first-order valence-electron chi connectivity index (χ1n) is 19.4. The third-order valence-electron chi connectivity index (χ3n) is 11.3. The van der Waals surface area contributed by atoms with Crippen LogP contribution in [0.2, 0.25) is 5.02 Å². The summed E-state index contributed by atoms with van der Waals surface area (Å²) in [6.07, 6.45) is 2.52. The molecular formula is C40H50ClF2N3O9S. The fourth-order valence-electron chi connectivity index (χ4n) is 8.13. The summed E-state index contributed by atoms with van der Waals surface area (Å²) in [5, 5.41) is 0.523. The number of pyridine rings is 1. The molecule has 1 N–H and O–H groups in total. The topological polar surface area (TPSA) is 158 Å². The van der Waals surface area contributed by atoms with Gasteiger partial charge in [0.1, 0.15) is 6.10 Å². The number of benzene rings is 1. The van der Waals surface area contributed by atoms with Gasteiger partial charge < -0.3 is 19.1 Å². The van der Waals surface area contributed by atoms with E-state index >= 15 is 0 Å². The number of aromatic nitrogens is 1. The van der Waals surface area contributed by atoms with Crippen molar-refractivity contribution in [1.82, 2.24) is 14.6 Å². The normalized spacial score (nSPS) is 29.3. The summed E-state index contributed by atoms with van der Waals surface area (Å²) in [5.74, 6) is -3.69. The fraction of sp³-hybridized carbons (Fsp3) is 0.625. The zero-order valence-electron chi connectivity index (χ0n) is 32.0. The highest BCUT2D eigenvalue weighted by molar-refractivity contribution is 7.90. The minimum atomic E-state index is -3.91. The Morgan fingerprint density at radius 1 is 1.11 bits per heavy atom. The number of halogens is 3. The van der Waals surface area contributed by atoms with Gasteiger partial charge in [-0.25, -0.2) is 17.2 Å². The second kappa shape index (κ2) is 16.9. The number of Topliss-reactive ketones (excluding diaryl/α,β-unsaturated/α-hetero) is 1. The largest absolute Gasteiger partial charge is 0.472 e. The second-order valence-electron chi connectivity index (χ2n) is 16.2. The van der Waals surface area contributed by atoms with Crippen LogP contribution in [0.1, 0.15) is 85.5 Å². The monoisotopic (exact) mass is 821 g/mol. The lowest BCUT2D eigenvalue weighted by Gasteiger charge is -2.32. The first-order chi connectivity index (χ1) is 26.5. The lowest BCUT2D eigenvalue weighted by molar-refractivity contribution is -0.154. The maximum absolute atomic E-state index is 14.8. The van der Waals surface area contributed by atoms with E-state index in [1.165, 1.54) is 11.0 Å². The molecule has 6 rings (SSSR count). The van der Waals surface area contributed by atoms with Crippen molar-refractivity contribution in [1.29, 1.82) is 0 Å². The molecule has 3 heterocycles. The number of fused-ring (bicyclic) bond motifs is 3. The Morgan fingerprint density at radius 3 is 2.55 bits per heavy atom. The van der Waals surface area contributed by atoms with Crippen molar-refractivity contribution in [3.05, 3.63) is 41.4 Å². The number of ketones is 1. The first-order valence-corrected chi connectivity index (χ1v) is 21.3. The molecule has 2 aliphatic carbocycles. The lowest BCUT2D eigenvalue weighted by atomic mass is 9.82. The standard InChI is InChI=1S/C40H50ClF2N3O9S/c1-22(2)54-36(48)17-29-24(4)14-23(3)8-5-6-9-25-18-40(25,39(50)45-56(51,52)27-12-13-27)19-33(47)32-15-26(20-46(32)38(29)49)55-37-28-10-7-11-31(41)30(28)16-35(44-37)53-21-34(42)43/h6-7,9-11,16,22-27,29,32,34H,5,8,12-15,17-21H2,1-4H3,(H,45,50)/b9-6-/t23-,24-,25-,26-,29+,32+,40-/m1/s1. The molecule has 56 heavy (non-hydrogen) atoms. The van der Waals surface area contributed by atoms with Gasteiger partial charge in [-0.05, 0) is 82.3 Å². The van der Waals surface area contributed by atoms with E-state index in [0.29, 0.717) is 41.5 Å². The van der Waals surface area contributed by atoms with Crippen LogP contribution in [0, 0.1) is 29.1 Å². The highest BCUT2D eigenvalue weighted by atomic mass is 35.5. The summed E-state index contributed by atoms with van der Waals surface area (Å²) in [7, 11) is -3.91. The molecule has 2 amide bonds. The van der Waals surface area contributed by atoms with Crippen LogP contribution in [0.25, 0.3) is 10.8 Å². The number of alkyl halides is 2. The Hall–Kier alpha value is -3.85. The van der Waals surface area contributed by atoms with Crippen molar-refractivity contribution >= 4 is 56.0 Å². The first kappa shape index (κ1) is 41.8. The number of carbonyl (C=O) groups is 4. The molecule has 0 radical (unpaired) electrons. The number of hydrogen-bond donors (Lipinski definition) is 1. The number of amides is 2. The minimum Gasteiger partial charge on any atom is -0.472 e. The summed E-state index contributed by atoms with van der Waals surface area (Å²) in [6.45, 7) is 6.40. The zero-order valence-corrected chi connectivity index (χ0v) is 33.6. The van der Waals surface area contributed by atoms with Crippen molar-refractivity contribution in [2.45, 2.75) is 115 Å². The Balaban J connectivity index is 1.36. The zero-order chi connectivity index (χ0) is 40.5. The third kappa shape index (κ3) is 9.63. The molecule has 306 valence electrons. The van der Waals surface area contributed by atoms with Gasteiger partial charge in [-0.1, -0.05) is 43.7 Å². The van der Waals surface area contributed by atoms with Crippen LogP contribution in [0.15, 0.2) is 36.4 Å². The number of carbonyl (C=O) groups excluding carboxylic acids is 4. The predicted octanol–water partition coefficient (Wildman–Crippen LogP) is 6.42. The highest BCUT2D eigenvalue weighted by Crippen LogP contribution is 2.57. The molecule has 4 aliphatic rings. The Labute approximate surface area is 331 Å². The molecule has 2 aliphatic heterocycles. The van der Waals surface area contributed by atoms with Crippen molar-refractivity contribution in [2.75, 3.05) is 13.2 Å². The van der Waals surface area contributed by atoms with Crippen molar-refractivity contribution in [3.63, 3.8) is 0 Å². The van der Waals surface area contributed by atoms with Crippen LogP contribution in [-0.4, -0.2) is 84.9 Å². The molecule has 0 unspecified atom stereocenters. The average Bonchev–Trinajstić information content (AvgIpc) is 4.04. The summed E-state index contributed by atoms with van der Waals surface area (Å²) in [6, 6.07) is 5.29. The van der Waals surface area contributed by atoms with Crippen LogP contribution in [0.5, 0.6) is 11.8 Å². The van der Waals surface area contributed by atoms with E-state index in [9.17, 15) is 36.4 Å². The van der Waals surface area contributed by atoms with Crippen molar-refractivity contribution < 1.29 is 50.6 Å². The SMILES string of the molecule is CC(C)OC(=O)C[C@@H]1C(=O)N2C[C@H](Oc3nc(OCC(F)F)cc4c(Cl)cccc34)C[C@H]2C(=O)C[C@]2(C(=O)NS(=O)(=O)C3CC3)C[C@H]2/C=C\CC[C@@H](C)C[C@H]1C. The third-order valence-corrected chi connectivity index (χ3v) is 13.5. The molecule has 0 spiro atoms. The summed E-state index contributed by atoms with van der Waals surface area (Å²) in [5.41, 5.74) is -1.33. The lowest BCUT2D eigenvalue weighted by Crippen LogP contribution is -2.47. The van der Waals surface area contributed by atoms with Gasteiger partial charge in [-0.15, -0.1) is 0 Å². The molecule has 3 fully saturated rings. The van der Waals surface area contributed by atoms with Gasteiger partial charge in [0.2, 0.25) is 33.6 Å². The van der Waals surface area contributed by atoms with E-state index < -0.39 is 81.5 Å². The summed E-state index contributed by atoms with van der Waals surface area (Å²) < 4.78 is 71.4. The number of rotatable bonds is 11. The Morgan fingerprint density at radius 2 is 1.86 bits per heavy atom.